The van der Waals surface area contributed by atoms with Crippen LogP contribution in [0.1, 0.15) is 55.5 Å². The largest absolute Gasteiger partial charge is 0.490 e. The summed E-state index contributed by atoms with van der Waals surface area (Å²) in [4.78, 5) is 26.9. The van der Waals surface area contributed by atoms with Crippen LogP contribution in [0.25, 0.3) is 0 Å². The van der Waals surface area contributed by atoms with Crippen LogP contribution in [0.3, 0.4) is 0 Å². The molecule has 4 rings (SSSR count). The summed E-state index contributed by atoms with van der Waals surface area (Å²) in [7, 11) is 0. The van der Waals surface area contributed by atoms with E-state index >= 15 is 0 Å². The number of nitrogens with one attached hydrogen (secondary N) is 1. The molecule has 0 spiro atoms. The fourth-order valence-corrected chi connectivity index (χ4v) is 4.26. The van der Waals surface area contributed by atoms with Crippen LogP contribution in [0.4, 0.5) is 0 Å². The van der Waals surface area contributed by atoms with Gasteiger partial charge in [-0.15, -0.1) is 0 Å². The number of benzene rings is 2. The first-order chi connectivity index (χ1) is 14.5. The van der Waals surface area contributed by atoms with Crippen LogP contribution in [-0.4, -0.2) is 36.5 Å². The highest BCUT2D eigenvalue weighted by molar-refractivity contribution is 5.80. The predicted octanol–water partition coefficient (Wildman–Crippen LogP) is 3.56. The minimum absolute atomic E-state index is 0.00162. The minimum Gasteiger partial charge on any atom is -0.490 e. The molecule has 0 saturated heterocycles. The van der Waals surface area contributed by atoms with Crippen LogP contribution in [-0.2, 0) is 16.0 Å². The smallest absolute Gasteiger partial charge is 0.222 e. The van der Waals surface area contributed by atoms with Crippen LogP contribution in [0.2, 0.25) is 0 Å². The van der Waals surface area contributed by atoms with Gasteiger partial charge in [0.25, 0.3) is 0 Å². The van der Waals surface area contributed by atoms with E-state index in [1.54, 1.807) is 11.8 Å². The lowest BCUT2D eigenvalue weighted by atomic mass is 9.90. The van der Waals surface area contributed by atoms with E-state index in [2.05, 4.69) is 11.4 Å². The molecule has 0 saturated carbocycles. The lowest BCUT2D eigenvalue weighted by molar-refractivity contribution is -0.133. The maximum absolute atomic E-state index is 12.9. The molecule has 0 aromatic heterocycles. The summed E-state index contributed by atoms with van der Waals surface area (Å²) in [6, 6.07) is 13.4. The van der Waals surface area contributed by atoms with E-state index in [4.69, 9.17) is 9.47 Å². The summed E-state index contributed by atoms with van der Waals surface area (Å²) in [5.41, 5.74) is 3.24. The van der Waals surface area contributed by atoms with Gasteiger partial charge in [-0.05, 0) is 42.2 Å². The normalized spacial score (nSPS) is 18.7. The molecule has 0 aliphatic carbocycles. The first kappa shape index (κ1) is 20.3. The van der Waals surface area contributed by atoms with Gasteiger partial charge in [-0.1, -0.05) is 30.3 Å². The Bertz CT molecular complexity index is 943. The molecule has 2 aliphatic rings. The molecule has 158 valence electrons. The number of carbonyl (C=O) groups excluding carboxylic acids is 2. The molecule has 2 atom stereocenters. The topological polar surface area (TPSA) is 67.9 Å². The summed E-state index contributed by atoms with van der Waals surface area (Å²) >= 11 is 0. The molecule has 2 aliphatic heterocycles. The summed E-state index contributed by atoms with van der Waals surface area (Å²) in [5, 5.41) is 3.08. The van der Waals surface area contributed by atoms with Gasteiger partial charge < -0.3 is 19.7 Å². The van der Waals surface area contributed by atoms with Crippen molar-refractivity contribution in [2.24, 2.45) is 0 Å². The zero-order valence-electron chi connectivity index (χ0n) is 17.5. The lowest BCUT2D eigenvalue weighted by Gasteiger charge is -2.36. The number of fused-ring (bicyclic) bond motifs is 2. The number of ether oxygens (including phenoxy) is 2. The molecule has 2 aromatic rings. The Balaban J connectivity index is 1.47. The molecule has 0 fully saturated rings. The second kappa shape index (κ2) is 8.78. The molecule has 2 amide bonds. The van der Waals surface area contributed by atoms with Crippen molar-refractivity contribution in [2.75, 3.05) is 19.8 Å². The fourth-order valence-electron chi connectivity index (χ4n) is 4.26. The van der Waals surface area contributed by atoms with Crippen molar-refractivity contribution >= 4 is 11.8 Å². The molecule has 1 N–H and O–H groups in total. The Labute approximate surface area is 177 Å². The molecule has 0 bridgehead atoms. The standard InChI is InChI=1S/C24H28N2O4/c1-16(19-8-9-22-23(14-19)30-13-5-12-29-22)25-24(28)15-21-20-7-4-3-6-18(20)10-11-26(21)17(2)27/h3-4,6-9,14,16,21H,5,10-13,15H2,1-2H3,(H,25,28). The van der Waals surface area contributed by atoms with Crippen molar-refractivity contribution in [2.45, 2.75) is 45.2 Å². The third-order valence-electron chi connectivity index (χ3n) is 5.84. The molecule has 6 nitrogen and oxygen atoms in total. The van der Waals surface area contributed by atoms with Crippen LogP contribution in [0, 0.1) is 0 Å². The molecular weight excluding hydrogens is 380 g/mol. The summed E-state index contributed by atoms with van der Waals surface area (Å²) < 4.78 is 11.4. The van der Waals surface area contributed by atoms with E-state index in [1.807, 2.05) is 43.3 Å². The van der Waals surface area contributed by atoms with E-state index in [9.17, 15) is 9.59 Å². The third kappa shape index (κ3) is 4.27. The van der Waals surface area contributed by atoms with Gasteiger partial charge in [-0.3, -0.25) is 9.59 Å². The quantitative estimate of drug-likeness (QED) is 0.840. The first-order valence-corrected chi connectivity index (χ1v) is 10.6. The third-order valence-corrected chi connectivity index (χ3v) is 5.84. The minimum atomic E-state index is -0.233. The van der Waals surface area contributed by atoms with Gasteiger partial charge in [0.1, 0.15) is 0 Å². The maximum Gasteiger partial charge on any atom is 0.222 e. The van der Waals surface area contributed by atoms with Crippen molar-refractivity contribution in [3.63, 3.8) is 0 Å². The number of carbonyl (C=O) groups is 2. The van der Waals surface area contributed by atoms with Gasteiger partial charge in [0.05, 0.1) is 31.7 Å². The number of rotatable bonds is 4. The van der Waals surface area contributed by atoms with Crippen LogP contribution in [0.15, 0.2) is 42.5 Å². The van der Waals surface area contributed by atoms with Gasteiger partial charge in [-0.25, -0.2) is 0 Å². The van der Waals surface area contributed by atoms with Gasteiger partial charge in [0.15, 0.2) is 11.5 Å². The zero-order chi connectivity index (χ0) is 21.1. The SMILES string of the molecule is CC(=O)N1CCc2ccccc2C1CC(=O)NC(C)c1ccc2c(c1)OCCCO2. The van der Waals surface area contributed by atoms with Crippen LogP contribution in [0.5, 0.6) is 11.5 Å². The van der Waals surface area contributed by atoms with E-state index < -0.39 is 0 Å². The van der Waals surface area contributed by atoms with Crippen molar-refractivity contribution in [1.82, 2.24) is 10.2 Å². The summed E-state index contributed by atoms with van der Waals surface area (Å²) in [5.74, 6) is 1.38. The highest BCUT2D eigenvalue weighted by Crippen LogP contribution is 2.34. The zero-order valence-corrected chi connectivity index (χ0v) is 17.5. The second-order valence-corrected chi connectivity index (χ2v) is 7.93. The van der Waals surface area contributed by atoms with Crippen molar-refractivity contribution in [3.05, 3.63) is 59.2 Å². The monoisotopic (exact) mass is 408 g/mol. The van der Waals surface area contributed by atoms with Crippen molar-refractivity contribution in [1.29, 1.82) is 0 Å². The number of hydrogen-bond donors (Lipinski definition) is 1. The molecular formula is C24H28N2O4. The van der Waals surface area contributed by atoms with Crippen LogP contribution >= 0.6 is 0 Å². The first-order valence-electron chi connectivity index (χ1n) is 10.6. The Kier molecular flexibility index (Phi) is 5.93. The second-order valence-electron chi connectivity index (χ2n) is 7.93. The van der Waals surface area contributed by atoms with E-state index in [0.29, 0.717) is 19.8 Å². The maximum atomic E-state index is 12.9. The molecule has 2 heterocycles. The van der Waals surface area contributed by atoms with Crippen molar-refractivity contribution in [3.8, 4) is 11.5 Å². The molecule has 0 radical (unpaired) electrons. The number of hydrogen-bond acceptors (Lipinski definition) is 4. The van der Waals surface area contributed by atoms with Crippen LogP contribution < -0.4 is 14.8 Å². The van der Waals surface area contributed by atoms with Gasteiger partial charge in [0.2, 0.25) is 11.8 Å². The average Bonchev–Trinajstić information content (AvgIpc) is 2.98. The molecule has 2 aromatic carbocycles. The van der Waals surface area contributed by atoms with Crippen molar-refractivity contribution < 1.29 is 19.1 Å². The van der Waals surface area contributed by atoms with Gasteiger partial charge >= 0.3 is 0 Å². The summed E-state index contributed by atoms with van der Waals surface area (Å²) in [6.45, 7) is 5.43. The van der Waals surface area contributed by atoms with E-state index in [-0.39, 0.29) is 30.3 Å². The molecule has 6 heteroatoms. The van der Waals surface area contributed by atoms with Gasteiger partial charge in [0, 0.05) is 19.9 Å². The Hall–Kier alpha value is -3.02. The predicted molar refractivity (Wildman–Crippen MR) is 113 cm³/mol. The Morgan fingerprint density at radius 1 is 1.13 bits per heavy atom. The van der Waals surface area contributed by atoms with Gasteiger partial charge in [-0.2, -0.15) is 0 Å². The number of nitrogens with zero attached hydrogens (tertiary/aromatic N) is 1. The highest BCUT2D eigenvalue weighted by Gasteiger charge is 2.31. The van der Waals surface area contributed by atoms with E-state index in [0.717, 1.165) is 35.5 Å². The van der Waals surface area contributed by atoms with E-state index in [1.165, 1.54) is 5.56 Å². The lowest BCUT2D eigenvalue weighted by Crippen LogP contribution is -2.41. The Morgan fingerprint density at radius 2 is 1.90 bits per heavy atom. The number of amides is 2. The highest BCUT2D eigenvalue weighted by atomic mass is 16.5. The molecule has 30 heavy (non-hydrogen) atoms. The molecule has 2 unspecified atom stereocenters. The Morgan fingerprint density at radius 3 is 2.70 bits per heavy atom. The fraction of sp³-hybridized carbons (Fsp3) is 0.417. The summed E-state index contributed by atoms with van der Waals surface area (Å²) in [6.07, 6.45) is 1.92. The average molecular weight is 408 g/mol.